The van der Waals surface area contributed by atoms with E-state index in [2.05, 4.69) is 17.3 Å². The van der Waals surface area contributed by atoms with Gasteiger partial charge in [-0.25, -0.2) is 4.39 Å². The molecule has 1 heterocycles. The van der Waals surface area contributed by atoms with E-state index in [1.165, 1.54) is 0 Å². The van der Waals surface area contributed by atoms with Crippen LogP contribution in [-0.2, 0) is 4.79 Å². The normalized spacial score (nSPS) is 20.2. The minimum Gasteiger partial charge on any atom is -0.353 e. The van der Waals surface area contributed by atoms with Crippen LogP contribution in [0.3, 0.4) is 0 Å². The first kappa shape index (κ1) is 10.4. The molecule has 1 rings (SSSR count). The van der Waals surface area contributed by atoms with Gasteiger partial charge in [0, 0.05) is 12.5 Å². The van der Waals surface area contributed by atoms with E-state index in [0.717, 1.165) is 25.9 Å². The van der Waals surface area contributed by atoms with Crippen LogP contribution < -0.4 is 5.32 Å². The highest BCUT2D eigenvalue weighted by molar-refractivity contribution is 5.78. The van der Waals surface area contributed by atoms with Gasteiger partial charge in [-0.1, -0.05) is 0 Å². The maximum Gasteiger partial charge on any atom is 0.223 e. The fourth-order valence-electron chi connectivity index (χ4n) is 1.59. The lowest BCUT2D eigenvalue weighted by atomic mass is 9.96. The monoisotopic (exact) mass is 188 g/mol. The molecule has 13 heavy (non-hydrogen) atoms. The molecule has 1 aliphatic rings. The topological polar surface area (TPSA) is 32.3 Å². The van der Waals surface area contributed by atoms with Crippen molar-refractivity contribution < 1.29 is 9.18 Å². The van der Waals surface area contributed by atoms with Crippen molar-refractivity contribution in [3.63, 3.8) is 0 Å². The Kier molecular flexibility index (Phi) is 4.15. The van der Waals surface area contributed by atoms with Crippen LogP contribution in [0.2, 0.25) is 0 Å². The Morgan fingerprint density at radius 1 is 1.54 bits per heavy atom. The van der Waals surface area contributed by atoms with Crippen LogP contribution in [0.25, 0.3) is 0 Å². The molecule has 3 nitrogen and oxygen atoms in total. The first-order chi connectivity index (χ1) is 6.24. The molecule has 1 amide bonds. The number of nitrogens with zero attached hydrogens (tertiary/aromatic N) is 1. The average molecular weight is 188 g/mol. The Labute approximate surface area is 78.3 Å². The van der Waals surface area contributed by atoms with Crippen LogP contribution in [0.15, 0.2) is 0 Å². The number of carbonyl (C=O) groups is 1. The third-order valence-corrected chi connectivity index (χ3v) is 2.48. The molecule has 0 saturated carbocycles. The summed E-state index contributed by atoms with van der Waals surface area (Å²) in [4.78, 5) is 13.6. The zero-order valence-corrected chi connectivity index (χ0v) is 8.05. The molecule has 0 atom stereocenters. The minimum atomic E-state index is -0.474. The zero-order valence-electron chi connectivity index (χ0n) is 8.05. The SMILES string of the molecule is CN1CCC(C(=O)NCCF)CC1. The average Bonchev–Trinajstić information content (AvgIpc) is 2.15. The van der Waals surface area contributed by atoms with Crippen molar-refractivity contribution in [2.24, 2.45) is 5.92 Å². The fourth-order valence-corrected chi connectivity index (χ4v) is 1.59. The summed E-state index contributed by atoms with van der Waals surface area (Å²) >= 11 is 0. The summed E-state index contributed by atoms with van der Waals surface area (Å²) in [5.41, 5.74) is 0. The van der Waals surface area contributed by atoms with Crippen LogP contribution in [-0.4, -0.2) is 44.2 Å². The van der Waals surface area contributed by atoms with Crippen LogP contribution in [0.4, 0.5) is 4.39 Å². The van der Waals surface area contributed by atoms with Gasteiger partial charge in [-0.3, -0.25) is 4.79 Å². The van der Waals surface area contributed by atoms with Crippen molar-refractivity contribution >= 4 is 5.91 Å². The molecule has 1 fully saturated rings. The van der Waals surface area contributed by atoms with Crippen LogP contribution in [0.5, 0.6) is 0 Å². The molecule has 0 aromatic carbocycles. The molecule has 0 aromatic rings. The summed E-state index contributed by atoms with van der Waals surface area (Å²) < 4.78 is 11.8. The number of likely N-dealkylation sites (tertiary alicyclic amines) is 1. The van der Waals surface area contributed by atoms with Crippen molar-refractivity contribution in [2.45, 2.75) is 12.8 Å². The lowest BCUT2D eigenvalue weighted by Crippen LogP contribution is -2.39. The molecule has 1 N–H and O–H groups in total. The Balaban J connectivity index is 2.23. The number of halogens is 1. The van der Waals surface area contributed by atoms with Gasteiger partial charge in [0.2, 0.25) is 5.91 Å². The smallest absolute Gasteiger partial charge is 0.223 e. The van der Waals surface area contributed by atoms with E-state index in [4.69, 9.17) is 0 Å². The second-order valence-corrected chi connectivity index (χ2v) is 3.56. The number of nitrogens with one attached hydrogen (secondary N) is 1. The number of amides is 1. The molecule has 1 aliphatic heterocycles. The van der Waals surface area contributed by atoms with Gasteiger partial charge < -0.3 is 10.2 Å². The molecular weight excluding hydrogens is 171 g/mol. The predicted octanol–water partition coefficient (Wildman–Crippen LogP) is 0.414. The van der Waals surface area contributed by atoms with Gasteiger partial charge in [0.1, 0.15) is 6.67 Å². The van der Waals surface area contributed by atoms with Crippen LogP contribution in [0.1, 0.15) is 12.8 Å². The van der Waals surface area contributed by atoms with Gasteiger partial charge in [-0.2, -0.15) is 0 Å². The molecule has 0 aliphatic carbocycles. The molecule has 0 bridgehead atoms. The molecule has 1 saturated heterocycles. The number of hydrogen-bond donors (Lipinski definition) is 1. The van der Waals surface area contributed by atoms with Crippen LogP contribution >= 0.6 is 0 Å². The van der Waals surface area contributed by atoms with Crippen molar-refractivity contribution in [1.29, 1.82) is 0 Å². The molecule has 76 valence electrons. The largest absolute Gasteiger partial charge is 0.353 e. The number of carbonyl (C=O) groups excluding carboxylic acids is 1. The summed E-state index contributed by atoms with van der Waals surface area (Å²) in [7, 11) is 2.05. The molecule has 0 unspecified atom stereocenters. The number of piperidine rings is 1. The highest BCUT2D eigenvalue weighted by atomic mass is 19.1. The number of alkyl halides is 1. The lowest BCUT2D eigenvalue weighted by Gasteiger charge is -2.27. The summed E-state index contributed by atoms with van der Waals surface area (Å²) in [6.45, 7) is 1.62. The van der Waals surface area contributed by atoms with Crippen LogP contribution in [0, 0.1) is 5.92 Å². The van der Waals surface area contributed by atoms with Gasteiger partial charge in [-0.15, -0.1) is 0 Å². The van der Waals surface area contributed by atoms with Crippen molar-refractivity contribution in [3.05, 3.63) is 0 Å². The molecular formula is C9H17FN2O. The van der Waals surface area contributed by atoms with Gasteiger partial charge in [-0.05, 0) is 33.0 Å². The molecule has 0 radical (unpaired) electrons. The Hall–Kier alpha value is -0.640. The van der Waals surface area contributed by atoms with E-state index in [9.17, 15) is 9.18 Å². The summed E-state index contributed by atoms with van der Waals surface area (Å²) in [6.07, 6.45) is 1.79. The first-order valence-corrected chi connectivity index (χ1v) is 4.76. The summed E-state index contributed by atoms with van der Waals surface area (Å²) in [5.74, 6) is 0.119. The Morgan fingerprint density at radius 2 is 2.15 bits per heavy atom. The van der Waals surface area contributed by atoms with Gasteiger partial charge in [0.05, 0.1) is 0 Å². The molecule has 4 heteroatoms. The quantitative estimate of drug-likeness (QED) is 0.696. The standard InChI is InChI=1S/C9H17FN2O/c1-12-6-2-8(3-7-12)9(13)11-5-4-10/h8H,2-7H2,1H3,(H,11,13). The summed E-state index contributed by atoms with van der Waals surface area (Å²) in [5, 5.41) is 2.58. The highest BCUT2D eigenvalue weighted by Crippen LogP contribution is 2.15. The lowest BCUT2D eigenvalue weighted by molar-refractivity contribution is -0.126. The maximum absolute atomic E-state index is 11.8. The summed E-state index contributed by atoms with van der Waals surface area (Å²) in [6, 6.07) is 0. The molecule has 0 aromatic heterocycles. The van der Waals surface area contributed by atoms with Gasteiger partial charge in [0.15, 0.2) is 0 Å². The van der Waals surface area contributed by atoms with Crippen molar-refractivity contribution in [2.75, 3.05) is 33.4 Å². The van der Waals surface area contributed by atoms with E-state index < -0.39 is 6.67 Å². The highest BCUT2D eigenvalue weighted by Gasteiger charge is 2.22. The van der Waals surface area contributed by atoms with E-state index in [1.807, 2.05) is 0 Å². The van der Waals surface area contributed by atoms with Crippen molar-refractivity contribution in [3.8, 4) is 0 Å². The van der Waals surface area contributed by atoms with E-state index in [1.54, 1.807) is 0 Å². The fraction of sp³-hybridized carbons (Fsp3) is 0.889. The molecule has 0 spiro atoms. The number of hydrogen-bond acceptors (Lipinski definition) is 2. The Bertz CT molecular complexity index is 167. The first-order valence-electron chi connectivity index (χ1n) is 4.76. The maximum atomic E-state index is 11.8. The van der Waals surface area contributed by atoms with Gasteiger partial charge >= 0.3 is 0 Å². The van der Waals surface area contributed by atoms with E-state index >= 15 is 0 Å². The van der Waals surface area contributed by atoms with Gasteiger partial charge in [0.25, 0.3) is 0 Å². The third kappa shape index (κ3) is 3.30. The van der Waals surface area contributed by atoms with E-state index in [0.29, 0.717) is 0 Å². The Morgan fingerprint density at radius 3 is 2.69 bits per heavy atom. The van der Waals surface area contributed by atoms with Crippen molar-refractivity contribution in [1.82, 2.24) is 10.2 Å². The second kappa shape index (κ2) is 5.17. The van der Waals surface area contributed by atoms with E-state index in [-0.39, 0.29) is 18.4 Å². The zero-order chi connectivity index (χ0) is 9.68. The minimum absolute atomic E-state index is 0.0192. The number of rotatable bonds is 3. The predicted molar refractivity (Wildman–Crippen MR) is 49.2 cm³/mol. The third-order valence-electron chi connectivity index (χ3n) is 2.48. The second-order valence-electron chi connectivity index (χ2n) is 3.56.